The number of ether oxygens (including phenoxy) is 1. The van der Waals surface area contributed by atoms with Gasteiger partial charge in [0.05, 0.1) is 0 Å². The number of rotatable bonds is 6. The standard InChI is InChI=1S/C15H17ClN2O2/c1-10-6-14(18-20-10)9-19-15-5-2-12(16)7-11(15)8-17-13-3-4-13/h2,5-7,13,17H,3-4,8-9H2,1H3. The van der Waals surface area contributed by atoms with Gasteiger partial charge in [0.1, 0.15) is 23.8 Å². The van der Waals surface area contributed by atoms with Crippen molar-refractivity contribution in [3.8, 4) is 5.75 Å². The molecule has 1 aromatic heterocycles. The fourth-order valence-corrected chi connectivity index (χ4v) is 2.20. The van der Waals surface area contributed by atoms with Crippen LogP contribution < -0.4 is 10.1 Å². The highest BCUT2D eigenvalue weighted by Gasteiger charge is 2.20. The van der Waals surface area contributed by atoms with E-state index in [0.29, 0.717) is 12.6 Å². The Morgan fingerprint density at radius 1 is 1.40 bits per heavy atom. The molecule has 3 rings (SSSR count). The minimum Gasteiger partial charge on any atom is -0.487 e. The van der Waals surface area contributed by atoms with Crippen LogP contribution in [0.4, 0.5) is 0 Å². The molecule has 1 N–H and O–H groups in total. The maximum atomic E-state index is 6.06. The third-order valence-corrected chi connectivity index (χ3v) is 3.47. The molecule has 0 atom stereocenters. The van der Waals surface area contributed by atoms with Crippen LogP contribution in [0.3, 0.4) is 0 Å². The van der Waals surface area contributed by atoms with Crippen LogP contribution >= 0.6 is 11.6 Å². The third-order valence-electron chi connectivity index (χ3n) is 3.23. The van der Waals surface area contributed by atoms with Gasteiger partial charge in [-0.15, -0.1) is 0 Å². The van der Waals surface area contributed by atoms with Crippen LogP contribution in [0.5, 0.6) is 5.75 Å². The maximum absolute atomic E-state index is 6.06. The van der Waals surface area contributed by atoms with Crippen LogP contribution in [-0.2, 0) is 13.2 Å². The highest BCUT2D eigenvalue weighted by Crippen LogP contribution is 2.26. The number of hydrogen-bond donors (Lipinski definition) is 1. The van der Waals surface area contributed by atoms with Gasteiger partial charge in [-0.1, -0.05) is 16.8 Å². The molecular formula is C15H17ClN2O2. The van der Waals surface area contributed by atoms with Crippen molar-refractivity contribution in [1.29, 1.82) is 0 Å². The summed E-state index contributed by atoms with van der Waals surface area (Å²) < 4.78 is 10.8. The Morgan fingerprint density at radius 2 is 2.25 bits per heavy atom. The zero-order valence-corrected chi connectivity index (χ0v) is 12.1. The van der Waals surface area contributed by atoms with Crippen molar-refractivity contribution in [1.82, 2.24) is 10.5 Å². The Bertz CT molecular complexity index is 593. The van der Waals surface area contributed by atoms with Gasteiger partial charge < -0.3 is 14.6 Å². The second kappa shape index (κ2) is 5.85. The van der Waals surface area contributed by atoms with Gasteiger partial charge >= 0.3 is 0 Å². The highest BCUT2D eigenvalue weighted by atomic mass is 35.5. The van der Waals surface area contributed by atoms with Gasteiger partial charge in [-0.3, -0.25) is 0 Å². The first kappa shape index (κ1) is 13.5. The predicted octanol–water partition coefficient (Wildman–Crippen LogP) is 3.47. The Hall–Kier alpha value is -1.52. The molecule has 0 spiro atoms. The molecule has 2 aromatic rings. The van der Waals surface area contributed by atoms with Crippen molar-refractivity contribution in [3.05, 3.63) is 46.3 Å². The molecule has 1 saturated carbocycles. The number of hydrogen-bond acceptors (Lipinski definition) is 4. The van der Waals surface area contributed by atoms with E-state index in [0.717, 1.165) is 34.3 Å². The highest BCUT2D eigenvalue weighted by molar-refractivity contribution is 6.30. The number of aromatic nitrogens is 1. The Kier molecular flexibility index (Phi) is 3.94. The van der Waals surface area contributed by atoms with Crippen LogP contribution in [0.1, 0.15) is 29.9 Å². The summed E-state index contributed by atoms with van der Waals surface area (Å²) in [4.78, 5) is 0. The zero-order valence-electron chi connectivity index (χ0n) is 11.4. The van der Waals surface area contributed by atoms with Crippen molar-refractivity contribution < 1.29 is 9.26 Å². The van der Waals surface area contributed by atoms with E-state index in [4.69, 9.17) is 20.9 Å². The van der Waals surface area contributed by atoms with Crippen molar-refractivity contribution >= 4 is 11.6 Å². The molecule has 1 fully saturated rings. The molecule has 1 aliphatic carbocycles. The molecule has 5 heteroatoms. The van der Waals surface area contributed by atoms with Crippen LogP contribution in [0, 0.1) is 6.92 Å². The van der Waals surface area contributed by atoms with Gasteiger partial charge in [0.2, 0.25) is 0 Å². The van der Waals surface area contributed by atoms with E-state index in [1.54, 1.807) is 0 Å². The fourth-order valence-electron chi connectivity index (χ4n) is 2.01. The van der Waals surface area contributed by atoms with Gasteiger partial charge in [0.15, 0.2) is 0 Å². The summed E-state index contributed by atoms with van der Waals surface area (Å²) in [5, 5.41) is 8.11. The van der Waals surface area contributed by atoms with Gasteiger partial charge in [-0.05, 0) is 38.0 Å². The average molecular weight is 293 g/mol. The summed E-state index contributed by atoms with van der Waals surface area (Å²) >= 11 is 6.06. The molecule has 0 saturated heterocycles. The van der Waals surface area contributed by atoms with Gasteiger partial charge in [0, 0.05) is 29.2 Å². The summed E-state index contributed by atoms with van der Waals surface area (Å²) in [6, 6.07) is 8.21. The molecule has 1 heterocycles. The molecule has 1 aliphatic rings. The van der Waals surface area contributed by atoms with Crippen LogP contribution in [-0.4, -0.2) is 11.2 Å². The minimum atomic E-state index is 0.398. The van der Waals surface area contributed by atoms with Crippen molar-refractivity contribution in [2.24, 2.45) is 0 Å². The summed E-state index contributed by atoms with van der Waals surface area (Å²) in [5.74, 6) is 1.62. The van der Waals surface area contributed by atoms with Crippen molar-refractivity contribution in [2.45, 2.75) is 39.0 Å². The Balaban J connectivity index is 1.66. The second-order valence-electron chi connectivity index (χ2n) is 5.12. The second-order valence-corrected chi connectivity index (χ2v) is 5.56. The molecular weight excluding hydrogens is 276 g/mol. The predicted molar refractivity (Wildman–Crippen MR) is 76.9 cm³/mol. The largest absolute Gasteiger partial charge is 0.487 e. The van der Waals surface area contributed by atoms with E-state index in [2.05, 4.69) is 10.5 Å². The summed E-state index contributed by atoms with van der Waals surface area (Å²) in [6.45, 7) is 3.04. The summed E-state index contributed by atoms with van der Waals surface area (Å²) in [5.41, 5.74) is 1.86. The lowest BCUT2D eigenvalue weighted by Crippen LogP contribution is -2.16. The first-order valence-electron chi connectivity index (χ1n) is 6.77. The molecule has 106 valence electrons. The van der Waals surface area contributed by atoms with E-state index >= 15 is 0 Å². The molecule has 0 radical (unpaired) electrons. The number of nitrogens with one attached hydrogen (secondary N) is 1. The van der Waals surface area contributed by atoms with Gasteiger partial charge in [-0.25, -0.2) is 0 Å². The van der Waals surface area contributed by atoms with E-state index in [9.17, 15) is 0 Å². The topological polar surface area (TPSA) is 47.3 Å². The molecule has 0 aliphatic heterocycles. The van der Waals surface area contributed by atoms with Crippen LogP contribution in [0.25, 0.3) is 0 Å². The minimum absolute atomic E-state index is 0.398. The lowest BCUT2D eigenvalue weighted by Gasteiger charge is -2.11. The lowest BCUT2D eigenvalue weighted by molar-refractivity contribution is 0.284. The van der Waals surface area contributed by atoms with E-state index in [-0.39, 0.29) is 0 Å². The van der Waals surface area contributed by atoms with Crippen LogP contribution in [0.15, 0.2) is 28.8 Å². The molecule has 20 heavy (non-hydrogen) atoms. The fraction of sp³-hybridized carbons (Fsp3) is 0.400. The zero-order chi connectivity index (χ0) is 13.9. The first-order chi connectivity index (χ1) is 9.70. The number of nitrogens with zero attached hydrogens (tertiary/aromatic N) is 1. The number of benzene rings is 1. The van der Waals surface area contributed by atoms with E-state index in [1.807, 2.05) is 31.2 Å². The normalized spacial score (nSPS) is 14.5. The summed E-state index contributed by atoms with van der Waals surface area (Å²) in [7, 11) is 0. The molecule has 1 aromatic carbocycles. The average Bonchev–Trinajstić information content (AvgIpc) is 3.17. The van der Waals surface area contributed by atoms with Crippen LogP contribution in [0.2, 0.25) is 5.02 Å². The number of halogens is 1. The SMILES string of the molecule is Cc1cc(COc2ccc(Cl)cc2CNC2CC2)no1. The Morgan fingerprint density at radius 3 is 2.95 bits per heavy atom. The molecule has 0 unspecified atom stereocenters. The maximum Gasteiger partial charge on any atom is 0.134 e. The van der Waals surface area contributed by atoms with E-state index in [1.165, 1.54) is 12.8 Å². The molecule has 0 amide bonds. The van der Waals surface area contributed by atoms with Gasteiger partial charge in [-0.2, -0.15) is 0 Å². The van der Waals surface area contributed by atoms with E-state index < -0.39 is 0 Å². The van der Waals surface area contributed by atoms with Gasteiger partial charge in [0.25, 0.3) is 0 Å². The summed E-state index contributed by atoms with van der Waals surface area (Å²) in [6.07, 6.45) is 2.52. The van der Waals surface area contributed by atoms with Crippen molar-refractivity contribution in [2.75, 3.05) is 0 Å². The smallest absolute Gasteiger partial charge is 0.134 e. The molecule has 0 bridgehead atoms. The monoisotopic (exact) mass is 292 g/mol. The first-order valence-corrected chi connectivity index (χ1v) is 7.15. The quantitative estimate of drug-likeness (QED) is 0.885. The van der Waals surface area contributed by atoms with Crippen molar-refractivity contribution in [3.63, 3.8) is 0 Å². The third kappa shape index (κ3) is 3.52. The Labute approximate surface area is 123 Å². The lowest BCUT2D eigenvalue weighted by atomic mass is 10.2. The molecule has 4 nitrogen and oxygen atoms in total. The number of aryl methyl sites for hydroxylation is 1.